The highest BCUT2D eigenvalue weighted by Gasteiger charge is 2.20. The van der Waals surface area contributed by atoms with E-state index in [0.29, 0.717) is 23.3 Å². The Bertz CT molecular complexity index is 537. The van der Waals surface area contributed by atoms with Crippen molar-refractivity contribution in [2.45, 2.75) is 6.54 Å². The first kappa shape index (κ1) is 15.3. The third-order valence-corrected chi connectivity index (χ3v) is 3.58. The van der Waals surface area contributed by atoms with Gasteiger partial charge in [-0.15, -0.1) is 0 Å². The summed E-state index contributed by atoms with van der Waals surface area (Å²) in [6.45, 7) is 1.25. The van der Waals surface area contributed by atoms with Gasteiger partial charge in [0.2, 0.25) is 0 Å². The molecule has 0 bridgehead atoms. The summed E-state index contributed by atoms with van der Waals surface area (Å²) >= 11 is 3.22. The zero-order valence-corrected chi connectivity index (χ0v) is 13.0. The molecule has 0 spiro atoms. The molecule has 1 aromatic rings. The lowest BCUT2D eigenvalue weighted by Crippen LogP contribution is -2.24. The number of hydrogen-bond acceptors (Lipinski definition) is 5. The van der Waals surface area contributed by atoms with Gasteiger partial charge in [0.05, 0.1) is 17.2 Å². The highest BCUT2D eigenvalue weighted by atomic mass is 79.9. The summed E-state index contributed by atoms with van der Waals surface area (Å²) in [5, 5.41) is 4.07. The molecular weight excluding hydrogens is 322 g/mol. The molecule has 1 aromatic heterocycles. The molecule has 102 valence electrons. The van der Waals surface area contributed by atoms with Crippen LogP contribution in [0.1, 0.15) is 10.5 Å². The first-order chi connectivity index (χ1) is 8.20. The predicted octanol–water partition coefficient (Wildman–Crippen LogP) is 0.434. The minimum atomic E-state index is -3.34. The zero-order chi connectivity index (χ0) is 13.9. The van der Waals surface area contributed by atoms with Gasteiger partial charge in [0.25, 0.3) is 0 Å². The number of nitrogens with zero attached hydrogens (tertiary/aromatic N) is 3. The second-order valence-electron chi connectivity index (χ2n) is 4.36. The van der Waals surface area contributed by atoms with Crippen LogP contribution in [0.4, 0.5) is 0 Å². The second kappa shape index (κ2) is 5.94. The van der Waals surface area contributed by atoms with Crippen molar-refractivity contribution in [1.82, 2.24) is 14.7 Å². The highest BCUT2D eigenvalue weighted by molar-refractivity contribution is 9.10. The van der Waals surface area contributed by atoms with E-state index >= 15 is 0 Å². The van der Waals surface area contributed by atoms with E-state index < -0.39 is 21.4 Å². The van der Waals surface area contributed by atoms with Gasteiger partial charge < -0.3 is 4.90 Å². The van der Waals surface area contributed by atoms with Gasteiger partial charge in [0.1, 0.15) is 11.4 Å². The van der Waals surface area contributed by atoms with Crippen molar-refractivity contribution in [3.63, 3.8) is 0 Å². The van der Waals surface area contributed by atoms with Crippen LogP contribution in [0.5, 0.6) is 0 Å². The van der Waals surface area contributed by atoms with Crippen molar-refractivity contribution in [2.75, 3.05) is 32.6 Å². The Morgan fingerprint density at radius 1 is 1.50 bits per heavy atom. The maximum absolute atomic E-state index is 11.9. The van der Waals surface area contributed by atoms with Gasteiger partial charge in [-0.1, -0.05) is 0 Å². The fraction of sp³-hybridized carbons (Fsp3) is 0.600. The predicted molar refractivity (Wildman–Crippen MR) is 72.5 cm³/mol. The summed E-state index contributed by atoms with van der Waals surface area (Å²) in [5.74, 6) is -0.945. The molecule has 0 aromatic carbocycles. The number of carbonyl (C=O) groups is 1. The quantitative estimate of drug-likeness (QED) is 0.704. The number of sulfone groups is 1. The average Bonchev–Trinajstić information content (AvgIpc) is 2.53. The van der Waals surface area contributed by atoms with Crippen LogP contribution in [0, 0.1) is 0 Å². The van der Waals surface area contributed by atoms with E-state index in [1.165, 1.54) is 10.9 Å². The summed E-state index contributed by atoms with van der Waals surface area (Å²) in [5.41, 5.74) is 0.308. The van der Waals surface area contributed by atoms with Crippen LogP contribution in [0.2, 0.25) is 0 Å². The van der Waals surface area contributed by atoms with Crippen molar-refractivity contribution in [1.29, 1.82) is 0 Å². The molecule has 0 unspecified atom stereocenters. The van der Waals surface area contributed by atoms with E-state index in [-0.39, 0.29) is 0 Å². The van der Waals surface area contributed by atoms with E-state index in [4.69, 9.17) is 0 Å². The molecule has 0 saturated carbocycles. The molecule has 0 radical (unpaired) electrons. The largest absolute Gasteiger partial charge is 0.308 e. The molecule has 0 atom stereocenters. The summed E-state index contributed by atoms with van der Waals surface area (Å²) < 4.78 is 24.4. The van der Waals surface area contributed by atoms with Gasteiger partial charge in [0, 0.05) is 12.8 Å². The van der Waals surface area contributed by atoms with Crippen LogP contribution in [-0.2, 0) is 16.4 Å². The lowest BCUT2D eigenvalue weighted by Gasteiger charge is -2.11. The van der Waals surface area contributed by atoms with Gasteiger partial charge in [0.15, 0.2) is 15.6 Å². The molecule has 18 heavy (non-hydrogen) atoms. The number of hydrogen-bond donors (Lipinski definition) is 0. The van der Waals surface area contributed by atoms with Crippen LogP contribution in [0.15, 0.2) is 10.7 Å². The molecule has 0 fully saturated rings. The lowest BCUT2D eigenvalue weighted by atomic mass is 10.3. The summed E-state index contributed by atoms with van der Waals surface area (Å²) in [7, 11) is 0.490. The number of ketones is 1. The Labute approximate surface area is 115 Å². The molecule has 6 nitrogen and oxygen atoms in total. The van der Waals surface area contributed by atoms with Crippen LogP contribution >= 0.6 is 15.9 Å². The van der Waals surface area contributed by atoms with Crippen LogP contribution in [0.25, 0.3) is 0 Å². The molecule has 0 aliphatic carbocycles. The van der Waals surface area contributed by atoms with Crippen molar-refractivity contribution in [3.05, 3.63) is 16.4 Å². The molecular formula is C10H16BrN3O3S. The van der Waals surface area contributed by atoms with Crippen LogP contribution < -0.4 is 0 Å². The molecule has 0 saturated heterocycles. The summed E-state index contributed by atoms with van der Waals surface area (Å²) in [6.07, 6.45) is 2.55. The SMILES string of the molecule is CN(C)CCn1ncc(Br)c1C(=O)CS(C)(=O)=O. The van der Waals surface area contributed by atoms with Crippen molar-refractivity contribution in [3.8, 4) is 0 Å². The normalized spacial score (nSPS) is 12.1. The molecule has 0 aliphatic rings. The first-order valence-electron chi connectivity index (χ1n) is 5.27. The van der Waals surface area contributed by atoms with Gasteiger partial charge in [-0.05, 0) is 30.0 Å². The molecule has 8 heteroatoms. The third-order valence-electron chi connectivity index (χ3n) is 2.21. The van der Waals surface area contributed by atoms with Crippen molar-refractivity contribution >= 4 is 31.6 Å². The van der Waals surface area contributed by atoms with E-state index in [9.17, 15) is 13.2 Å². The Morgan fingerprint density at radius 3 is 2.61 bits per heavy atom. The monoisotopic (exact) mass is 337 g/mol. The number of carbonyl (C=O) groups excluding carboxylic acids is 1. The standard InChI is InChI=1S/C10H16BrN3O3S/c1-13(2)4-5-14-10(8(11)6-12-14)9(15)7-18(3,16)17/h6H,4-5,7H2,1-3H3. The van der Waals surface area contributed by atoms with Crippen LogP contribution in [0.3, 0.4) is 0 Å². The van der Waals surface area contributed by atoms with E-state index in [1.54, 1.807) is 0 Å². The Morgan fingerprint density at radius 2 is 2.11 bits per heavy atom. The first-order valence-corrected chi connectivity index (χ1v) is 8.13. The van der Waals surface area contributed by atoms with Gasteiger partial charge in [-0.25, -0.2) is 8.42 Å². The number of aromatic nitrogens is 2. The highest BCUT2D eigenvalue weighted by Crippen LogP contribution is 2.17. The number of likely N-dealkylation sites (N-methyl/N-ethyl adjacent to an activating group) is 1. The number of halogens is 1. The van der Waals surface area contributed by atoms with Crippen molar-refractivity contribution in [2.24, 2.45) is 0 Å². The van der Waals surface area contributed by atoms with Gasteiger partial charge in [-0.2, -0.15) is 5.10 Å². The average molecular weight is 338 g/mol. The maximum Gasteiger partial charge on any atom is 0.196 e. The summed E-state index contributed by atoms with van der Waals surface area (Å²) in [4.78, 5) is 13.9. The smallest absolute Gasteiger partial charge is 0.196 e. The van der Waals surface area contributed by atoms with E-state index in [1.807, 2.05) is 19.0 Å². The molecule has 0 aliphatic heterocycles. The minimum absolute atomic E-state index is 0.308. The molecule has 1 rings (SSSR count). The third kappa shape index (κ3) is 4.51. The fourth-order valence-corrected chi connectivity index (χ4v) is 2.54. The molecule has 0 amide bonds. The lowest BCUT2D eigenvalue weighted by molar-refractivity contribution is 0.100. The fourth-order valence-electron chi connectivity index (χ4n) is 1.41. The topological polar surface area (TPSA) is 72.3 Å². The second-order valence-corrected chi connectivity index (χ2v) is 7.36. The Hall–Kier alpha value is -0.730. The van der Waals surface area contributed by atoms with Gasteiger partial charge in [-0.3, -0.25) is 9.48 Å². The molecule has 0 N–H and O–H groups in total. The van der Waals surface area contributed by atoms with Crippen molar-refractivity contribution < 1.29 is 13.2 Å². The van der Waals surface area contributed by atoms with E-state index in [0.717, 1.165) is 6.26 Å². The minimum Gasteiger partial charge on any atom is -0.308 e. The Balaban J connectivity index is 2.93. The number of rotatable bonds is 6. The number of Topliss-reactive ketones (excluding diaryl/α,β-unsaturated/α-hetero) is 1. The zero-order valence-electron chi connectivity index (χ0n) is 10.6. The van der Waals surface area contributed by atoms with E-state index in [2.05, 4.69) is 21.0 Å². The van der Waals surface area contributed by atoms with Gasteiger partial charge >= 0.3 is 0 Å². The summed E-state index contributed by atoms with van der Waals surface area (Å²) in [6, 6.07) is 0. The van der Waals surface area contributed by atoms with Crippen LogP contribution in [-0.4, -0.2) is 61.5 Å². The maximum atomic E-state index is 11.9. The Kier molecular flexibility index (Phi) is 5.06. The molecule has 1 heterocycles.